The topological polar surface area (TPSA) is 80.4 Å². The molecule has 5 nitrogen and oxygen atoms in total. The Kier molecular flexibility index (Phi) is 4.51. The summed E-state index contributed by atoms with van der Waals surface area (Å²) in [6.07, 6.45) is 0. The van der Waals surface area contributed by atoms with Crippen molar-refractivity contribution in [3.63, 3.8) is 0 Å². The molecule has 0 saturated carbocycles. The van der Waals surface area contributed by atoms with Gasteiger partial charge in [0.1, 0.15) is 0 Å². The second kappa shape index (κ2) is 5.67. The van der Waals surface area contributed by atoms with Crippen molar-refractivity contribution in [2.45, 2.75) is 24.9 Å². The molecule has 0 fully saturated rings. The number of carboxylic acids is 1. The number of hydrogen-bond donors (Lipinski definition) is 1. The molecular formula is C11H13NO4S. The van der Waals surface area contributed by atoms with Crippen LogP contribution < -0.4 is 0 Å². The minimum Gasteiger partial charge on any atom is -0.480 e. The first-order valence-corrected chi connectivity index (χ1v) is 6.05. The average Bonchev–Trinajstić information content (AvgIpc) is 2.26. The van der Waals surface area contributed by atoms with Crippen molar-refractivity contribution in [1.29, 1.82) is 0 Å². The maximum atomic E-state index is 10.7. The smallest absolute Gasteiger partial charge is 0.316 e. The number of carboxylic acid groups (broad SMARTS) is 1. The third kappa shape index (κ3) is 3.45. The van der Waals surface area contributed by atoms with E-state index in [9.17, 15) is 14.9 Å². The molecular weight excluding hydrogens is 242 g/mol. The first-order valence-electron chi connectivity index (χ1n) is 5.00. The maximum absolute atomic E-state index is 10.7. The summed E-state index contributed by atoms with van der Waals surface area (Å²) in [5.74, 6) is -0.417. The molecule has 0 aliphatic carbocycles. The molecule has 6 heteroatoms. The van der Waals surface area contributed by atoms with Gasteiger partial charge in [0.2, 0.25) is 0 Å². The number of aliphatic carboxylic acids is 1. The molecule has 17 heavy (non-hydrogen) atoms. The van der Waals surface area contributed by atoms with Crippen molar-refractivity contribution in [2.24, 2.45) is 0 Å². The van der Waals surface area contributed by atoms with E-state index in [1.54, 1.807) is 26.0 Å². The highest BCUT2D eigenvalue weighted by Crippen LogP contribution is 2.26. The number of nitro benzene ring substituents is 1. The molecule has 1 aromatic carbocycles. The normalized spacial score (nSPS) is 12.1. The molecule has 1 unspecified atom stereocenters. The van der Waals surface area contributed by atoms with E-state index in [4.69, 9.17) is 5.11 Å². The van der Waals surface area contributed by atoms with E-state index in [1.807, 2.05) is 0 Å². The molecule has 1 rings (SSSR count). The predicted octanol–water partition coefficient (Wildman–Crippen LogP) is 2.61. The molecule has 0 saturated heterocycles. The molecule has 0 amide bonds. The Labute approximate surface area is 103 Å². The molecule has 1 N–H and O–H groups in total. The van der Waals surface area contributed by atoms with Crippen LogP contribution in [-0.2, 0) is 10.5 Å². The lowest BCUT2D eigenvalue weighted by Crippen LogP contribution is -2.11. The van der Waals surface area contributed by atoms with Crippen LogP contribution in [0.15, 0.2) is 18.2 Å². The highest BCUT2D eigenvalue weighted by molar-refractivity contribution is 7.99. The van der Waals surface area contributed by atoms with Crippen molar-refractivity contribution >= 4 is 23.4 Å². The SMILES string of the molecule is Cc1c(CSC(C)C(=O)O)cccc1[N+](=O)[O-]. The van der Waals surface area contributed by atoms with Gasteiger partial charge in [0.05, 0.1) is 10.2 Å². The number of carbonyl (C=O) groups is 1. The van der Waals surface area contributed by atoms with E-state index in [-0.39, 0.29) is 5.69 Å². The molecule has 0 spiro atoms. The van der Waals surface area contributed by atoms with Gasteiger partial charge in [0.15, 0.2) is 0 Å². The standard InChI is InChI=1S/C11H13NO4S/c1-7-9(6-17-8(2)11(13)14)4-3-5-10(7)12(15)16/h3-5,8H,6H2,1-2H3,(H,13,14). The summed E-state index contributed by atoms with van der Waals surface area (Å²) in [5, 5.41) is 18.9. The molecule has 0 bridgehead atoms. The van der Waals surface area contributed by atoms with Crippen molar-refractivity contribution in [3.05, 3.63) is 39.4 Å². The van der Waals surface area contributed by atoms with Gasteiger partial charge in [-0.3, -0.25) is 14.9 Å². The van der Waals surface area contributed by atoms with E-state index < -0.39 is 16.1 Å². The quantitative estimate of drug-likeness (QED) is 0.646. The summed E-state index contributed by atoms with van der Waals surface area (Å²) < 4.78 is 0. The Morgan fingerprint density at radius 1 is 1.59 bits per heavy atom. The zero-order valence-corrected chi connectivity index (χ0v) is 10.4. The zero-order chi connectivity index (χ0) is 13.0. The second-order valence-corrected chi connectivity index (χ2v) is 4.94. The van der Waals surface area contributed by atoms with Crippen molar-refractivity contribution in [1.82, 2.24) is 0 Å². The van der Waals surface area contributed by atoms with Gasteiger partial charge in [-0.25, -0.2) is 0 Å². The highest BCUT2D eigenvalue weighted by Gasteiger charge is 2.16. The lowest BCUT2D eigenvalue weighted by Gasteiger charge is -2.08. The van der Waals surface area contributed by atoms with E-state index in [1.165, 1.54) is 17.8 Å². The summed E-state index contributed by atoms with van der Waals surface area (Å²) in [4.78, 5) is 21.0. The summed E-state index contributed by atoms with van der Waals surface area (Å²) in [6.45, 7) is 3.28. The highest BCUT2D eigenvalue weighted by atomic mass is 32.2. The Morgan fingerprint density at radius 2 is 2.24 bits per heavy atom. The number of nitro groups is 1. The van der Waals surface area contributed by atoms with Crippen LogP contribution in [0.2, 0.25) is 0 Å². The first-order chi connectivity index (χ1) is 7.93. The number of hydrogen-bond acceptors (Lipinski definition) is 4. The number of thioether (sulfide) groups is 1. The Bertz CT molecular complexity index is 447. The van der Waals surface area contributed by atoms with E-state index in [0.29, 0.717) is 11.3 Å². The fourth-order valence-electron chi connectivity index (χ4n) is 1.31. The molecule has 0 aliphatic rings. The van der Waals surface area contributed by atoms with Gasteiger partial charge >= 0.3 is 5.97 Å². The second-order valence-electron chi connectivity index (χ2n) is 3.61. The monoisotopic (exact) mass is 255 g/mol. The molecule has 1 aromatic rings. The van der Waals surface area contributed by atoms with Crippen LogP contribution in [0.1, 0.15) is 18.1 Å². The first kappa shape index (κ1) is 13.5. The van der Waals surface area contributed by atoms with E-state index >= 15 is 0 Å². The van der Waals surface area contributed by atoms with Crippen LogP contribution in [0.25, 0.3) is 0 Å². The van der Waals surface area contributed by atoms with Gasteiger partial charge in [-0.05, 0) is 19.4 Å². The Hall–Kier alpha value is -1.56. The summed E-state index contributed by atoms with van der Waals surface area (Å²) in [6, 6.07) is 4.85. The largest absolute Gasteiger partial charge is 0.480 e. The van der Waals surface area contributed by atoms with Crippen LogP contribution in [0, 0.1) is 17.0 Å². The van der Waals surface area contributed by atoms with Crippen molar-refractivity contribution < 1.29 is 14.8 Å². The number of rotatable bonds is 5. The molecule has 1 atom stereocenters. The third-order valence-electron chi connectivity index (χ3n) is 2.45. The van der Waals surface area contributed by atoms with Crippen molar-refractivity contribution in [3.8, 4) is 0 Å². The van der Waals surface area contributed by atoms with Gasteiger partial charge in [0.25, 0.3) is 5.69 Å². The Balaban J connectivity index is 2.82. The van der Waals surface area contributed by atoms with Gasteiger partial charge in [-0.2, -0.15) is 0 Å². The zero-order valence-electron chi connectivity index (χ0n) is 9.54. The number of nitrogens with zero attached hydrogens (tertiary/aromatic N) is 1. The molecule has 0 aromatic heterocycles. The molecule has 0 radical (unpaired) electrons. The lowest BCUT2D eigenvalue weighted by atomic mass is 10.1. The van der Waals surface area contributed by atoms with Crippen LogP contribution >= 0.6 is 11.8 Å². The minimum absolute atomic E-state index is 0.0751. The lowest BCUT2D eigenvalue weighted by molar-refractivity contribution is -0.385. The van der Waals surface area contributed by atoms with E-state index in [0.717, 1.165) is 5.56 Å². The Morgan fingerprint density at radius 3 is 2.76 bits per heavy atom. The molecule has 0 aliphatic heterocycles. The van der Waals surface area contributed by atoms with Crippen LogP contribution in [0.4, 0.5) is 5.69 Å². The maximum Gasteiger partial charge on any atom is 0.316 e. The number of benzene rings is 1. The fourth-order valence-corrected chi connectivity index (χ4v) is 2.20. The fraction of sp³-hybridized carbons (Fsp3) is 0.364. The third-order valence-corrected chi connectivity index (χ3v) is 3.63. The minimum atomic E-state index is -0.877. The summed E-state index contributed by atoms with van der Waals surface area (Å²) >= 11 is 1.25. The van der Waals surface area contributed by atoms with Gasteiger partial charge < -0.3 is 5.11 Å². The molecule has 0 heterocycles. The van der Waals surface area contributed by atoms with Crippen LogP contribution in [0.5, 0.6) is 0 Å². The van der Waals surface area contributed by atoms with Crippen LogP contribution in [0.3, 0.4) is 0 Å². The van der Waals surface area contributed by atoms with Gasteiger partial charge in [-0.1, -0.05) is 12.1 Å². The average molecular weight is 255 g/mol. The summed E-state index contributed by atoms with van der Waals surface area (Å²) in [7, 11) is 0. The molecule has 92 valence electrons. The van der Waals surface area contributed by atoms with E-state index in [2.05, 4.69) is 0 Å². The summed E-state index contributed by atoms with van der Waals surface area (Å²) in [5.41, 5.74) is 1.48. The van der Waals surface area contributed by atoms with Gasteiger partial charge in [0, 0.05) is 17.4 Å². The van der Waals surface area contributed by atoms with Gasteiger partial charge in [-0.15, -0.1) is 11.8 Å². The van der Waals surface area contributed by atoms with Crippen LogP contribution in [-0.4, -0.2) is 21.2 Å². The van der Waals surface area contributed by atoms with Crippen molar-refractivity contribution in [2.75, 3.05) is 0 Å². The predicted molar refractivity (Wildman–Crippen MR) is 66.2 cm³/mol.